The summed E-state index contributed by atoms with van der Waals surface area (Å²) in [6, 6.07) is 5.55. The van der Waals surface area contributed by atoms with Crippen LogP contribution in [-0.2, 0) is 19.1 Å². The largest absolute Gasteiger partial charge is 0.476 e. The lowest BCUT2D eigenvalue weighted by Gasteiger charge is -2.40. The molecule has 0 bridgehead atoms. The Morgan fingerprint density at radius 3 is 2.65 bits per heavy atom. The molecule has 5 rings (SSSR count). The summed E-state index contributed by atoms with van der Waals surface area (Å²) in [4.78, 5) is 44.0. The number of nitrogens with zero attached hydrogens (tertiary/aromatic N) is 2. The summed E-state index contributed by atoms with van der Waals surface area (Å²) in [5.41, 5.74) is 0.433. The molecule has 2 aliphatic carbocycles. The number of rotatable bonds is 9. The number of hydrogen-bond donors (Lipinski definition) is 3. The molecule has 0 radical (unpaired) electrons. The quantitative estimate of drug-likeness (QED) is 0.400. The molecule has 4 atom stereocenters. The Hall–Kier alpha value is -2.69. The Bertz CT molecular complexity index is 1110. The fraction of sp³-hybridized carbons (Fsp3) is 0.700. The second-order valence-electron chi connectivity index (χ2n) is 12.3. The smallest absolute Gasteiger partial charge is 0.270 e. The van der Waals surface area contributed by atoms with E-state index in [2.05, 4.69) is 10.6 Å². The molecular formula is C30H44N4O6. The molecule has 40 heavy (non-hydrogen) atoms. The van der Waals surface area contributed by atoms with Crippen molar-refractivity contribution in [2.75, 3.05) is 43.2 Å². The van der Waals surface area contributed by atoms with Crippen LogP contribution in [0.4, 0.5) is 11.4 Å². The van der Waals surface area contributed by atoms with Crippen molar-refractivity contribution in [3.63, 3.8) is 0 Å². The highest BCUT2D eigenvalue weighted by Gasteiger charge is 2.43. The molecule has 1 aromatic carbocycles. The zero-order chi connectivity index (χ0) is 28.4. The summed E-state index contributed by atoms with van der Waals surface area (Å²) in [6.45, 7) is 5.61. The number of ether oxygens (including phenoxy) is 2. The van der Waals surface area contributed by atoms with Crippen molar-refractivity contribution in [3.05, 3.63) is 18.2 Å². The van der Waals surface area contributed by atoms with E-state index in [1.807, 2.05) is 23.1 Å². The molecule has 10 heteroatoms. The number of hydrogen-bond acceptors (Lipinski definition) is 7. The second-order valence-corrected chi connectivity index (χ2v) is 12.3. The van der Waals surface area contributed by atoms with Gasteiger partial charge in [0.05, 0.1) is 29.7 Å². The van der Waals surface area contributed by atoms with Gasteiger partial charge in [0.15, 0.2) is 5.60 Å². The maximum Gasteiger partial charge on any atom is 0.270 e. The van der Waals surface area contributed by atoms with Crippen molar-refractivity contribution in [3.8, 4) is 5.75 Å². The Balaban J connectivity index is 1.33. The van der Waals surface area contributed by atoms with Crippen LogP contribution in [0.3, 0.4) is 0 Å². The van der Waals surface area contributed by atoms with Crippen LogP contribution >= 0.6 is 0 Å². The highest BCUT2D eigenvalue weighted by molar-refractivity contribution is 6.04. The minimum atomic E-state index is -0.982. The van der Waals surface area contributed by atoms with Gasteiger partial charge in [-0.15, -0.1) is 0 Å². The number of fused-ring (bicyclic) bond motifs is 1. The third-order valence-corrected chi connectivity index (χ3v) is 8.64. The number of benzene rings is 1. The predicted molar refractivity (Wildman–Crippen MR) is 151 cm³/mol. The number of piperidine rings is 1. The Kier molecular flexibility index (Phi) is 8.68. The Morgan fingerprint density at radius 1 is 1.18 bits per heavy atom. The van der Waals surface area contributed by atoms with Gasteiger partial charge in [0.1, 0.15) is 5.75 Å². The summed E-state index contributed by atoms with van der Waals surface area (Å²) in [5.74, 6) is -0.258. The molecule has 2 saturated carbocycles. The average molecular weight is 557 g/mol. The third-order valence-electron chi connectivity index (χ3n) is 8.64. The Labute approximate surface area is 236 Å². The average Bonchev–Trinajstić information content (AvgIpc) is 3.77. The summed E-state index contributed by atoms with van der Waals surface area (Å²) >= 11 is 0. The molecule has 220 valence electrons. The molecule has 3 fully saturated rings. The van der Waals surface area contributed by atoms with Gasteiger partial charge in [0, 0.05) is 45.1 Å². The molecule has 3 N–H and O–H groups in total. The summed E-state index contributed by atoms with van der Waals surface area (Å²) < 4.78 is 11.3. The highest BCUT2D eigenvalue weighted by Crippen LogP contribution is 2.43. The Morgan fingerprint density at radius 2 is 1.93 bits per heavy atom. The summed E-state index contributed by atoms with van der Waals surface area (Å²) in [6.07, 6.45) is 5.98. The molecule has 1 aromatic rings. The normalized spacial score (nSPS) is 27.9. The fourth-order valence-electron chi connectivity index (χ4n) is 6.25. The molecule has 4 aliphatic rings. The van der Waals surface area contributed by atoms with E-state index in [0.717, 1.165) is 37.8 Å². The molecule has 1 unspecified atom stereocenters. The lowest BCUT2D eigenvalue weighted by molar-refractivity contribution is -0.132. The molecule has 0 aromatic heterocycles. The first-order valence-electron chi connectivity index (χ1n) is 14.9. The van der Waals surface area contributed by atoms with Crippen LogP contribution < -0.4 is 25.2 Å². The summed E-state index contributed by atoms with van der Waals surface area (Å²) in [5, 5.41) is 16.7. The van der Waals surface area contributed by atoms with Crippen LogP contribution in [0.1, 0.15) is 65.2 Å². The number of amides is 3. The minimum absolute atomic E-state index is 0.000492. The van der Waals surface area contributed by atoms with Crippen LogP contribution in [0.5, 0.6) is 5.75 Å². The van der Waals surface area contributed by atoms with Crippen molar-refractivity contribution in [1.82, 2.24) is 10.6 Å². The van der Waals surface area contributed by atoms with Crippen LogP contribution in [-0.4, -0.2) is 80.0 Å². The predicted octanol–water partition coefficient (Wildman–Crippen LogP) is 2.37. The van der Waals surface area contributed by atoms with Crippen molar-refractivity contribution >= 4 is 29.1 Å². The number of carbonyl (C=O) groups excluding carboxylic acids is 3. The van der Waals surface area contributed by atoms with Gasteiger partial charge >= 0.3 is 0 Å². The lowest BCUT2D eigenvalue weighted by atomic mass is 9.87. The van der Waals surface area contributed by atoms with Gasteiger partial charge < -0.3 is 35.0 Å². The number of carbonyl (C=O) groups is 3. The molecule has 3 amide bonds. The van der Waals surface area contributed by atoms with Crippen LogP contribution in [0.25, 0.3) is 0 Å². The lowest BCUT2D eigenvalue weighted by Crippen LogP contribution is -2.53. The topological polar surface area (TPSA) is 120 Å². The van der Waals surface area contributed by atoms with Gasteiger partial charge in [0.25, 0.3) is 5.91 Å². The minimum Gasteiger partial charge on any atom is -0.476 e. The zero-order valence-electron chi connectivity index (χ0n) is 24.0. The maximum atomic E-state index is 14.0. The molecule has 2 heterocycles. The summed E-state index contributed by atoms with van der Waals surface area (Å²) in [7, 11) is 1.64. The van der Waals surface area contributed by atoms with Gasteiger partial charge in [-0.25, -0.2) is 0 Å². The van der Waals surface area contributed by atoms with Crippen molar-refractivity contribution in [1.29, 1.82) is 0 Å². The van der Waals surface area contributed by atoms with Crippen LogP contribution in [0.2, 0.25) is 0 Å². The maximum absolute atomic E-state index is 14.0. The van der Waals surface area contributed by atoms with E-state index in [-0.39, 0.29) is 41.6 Å². The van der Waals surface area contributed by atoms with E-state index >= 15 is 0 Å². The van der Waals surface area contributed by atoms with Crippen LogP contribution in [0, 0.1) is 11.8 Å². The first kappa shape index (κ1) is 28.8. The van der Waals surface area contributed by atoms with E-state index in [0.29, 0.717) is 56.9 Å². The van der Waals surface area contributed by atoms with Gasteiger partial charge in [-0.3, -0.25) is 14.4 Å². The standard InChI is InChI=1S/C30H44N4O6/c1-30(2)29(38)33(13-6-14-39-3)24-16-22(11-12-26(24)40-30)34(21-9-10-21)28(37)20-15-19(17-31-18-20)27(36)32-23-7-4-5-8-25(23)35/h11-12,16,19-21,23,25,31,35H,4-10,13-15,17-18H2,1-3H3,(H,32,36)/t19-,20+,23?,25+/m0/s1. The first-order valence-corrected chi connectivity index (χ1v) is 14.9. The van der Waals surface area contributed by atoms with Crippen molar-refractivity contribution in [2.45, 2.75) is 89.0 Å². The second kappa shape index (κ2) is 12.0. The molecule has 10 nitrogen and oxygen atoms in total. The number of aliphatic hydroxyl groups is 1. The fourth-order valence-corrected chi connectivity index (χ4v) is 6.25. The van der Waals surface area contributed by atoms with Gasteiger partial charge in [-0.2, -0.15) is 0 Å². The first-order chi connectivity index (χ1) is 19.2. The number of anilines is 2. The van der Waals surface area contributed by atoms with E-state index in [1.54, 1.807) is 25.9 Å². The van der Waals surface area contributed by atoms with Gasteiger partial charge in [-0.1, -0.05) is 12.8 Å². The highest BCUT2D eigenvalue weighted by atomic mass is 16.5. The molecule has 0 spiro atoms. The zero-order valence-corrected chi connectivity index (χ0v) is 24.0. The SMILES string of the molecule is COCCCN1C(=O)C(C)(C)Oc2ccc(N(C(=O)[C@H]3CNC[C@@H](C(=O)NC4CCCC[C@H]4O)C3)C3CC3)cc21. The van der Waals surface area contributed by atoms with E-state index < -0.39 is 11.7 Å². The monoisotopic (exact) mass is 556 g/mol. The number of nitrogens with one attached hydrogen (secondary N) is 2. The third kappa shape index (κ3) is 6.14. The number of methoxy groups -OCH3 is 1. The molecule has 2 aliphatic heterocycles. The van der Waals surface area contributed by atoms with Crippen molar-refractivity contribution < 1.29 is 29.0 Å². The molecule has 1 saturated heterocycles. The number of aliphatic hydroxyl groups excluding tert-OH is 1. The van der Waals surface area contributed by atoms with Crippen LogP contribution in [0.15, 0.2) is 18.2 Å². The van der Waals surface area contributed by atoms with Crippen molar-refractivity contribution in [2.24, 2.45) is 11.8 Å². The van der Waals surface area contributed by atoms with E-state index in [4.69, 9.17) is 9.47 Å². The van der Waals surface area contributed by atoms with Gasteiger partial charge in [-0.05, 0) is 70.6 Å². The van der Waals surface area contributed by atoms with E-state index in [9.17, 15) is 19.5 Å². The molecular weight excluding hydrogens is 512 g/mol. The van der Waals surface area contributed by atoms with Gasteiger partial charge in [0.2, 0.25) is 11.8 Å². The van der Waals surface area contributed by atoms with E-state index in [1.165, 1.54) is 0 Å².